The molecular weight excluding hydrogens is 347 g/mol. The Morgan fingerprint density at radius 1 is 1.30 bits per heavy atom. The molecule has 2 rings (SSSR count). The van der Waals surface area contributed by atoms with Gasteiger partial charge in [-0.1, -0.05) is 27.5 Å². The van der Waals surface area contributed by atoms with Crippen LogP contribution in [0.15, 0.2) is 28.9 Å². The van der Waals surface area contributed by atoms with E-state index in [1.54, 1.807) is 0 Å². The highest BCUT2D eigenvalue weighted by Gasteiger charge is 2.14. The number of aromatic nitrogens is 1. The third-order valence-corrected chi connectivity index (χ3v) is 4.30. The lowest BCUT2D eigenvalue weighted by Gasteiger charge is -2.10. The van der Waals surface area contributed by atoms with Gasteiger partial charge in [0.05, 0.1) is 11.8 Å². The Labute approximate surface area is 129 Å². The fourth-order valence-electron chi connectivity index (χ4n) is 1.80. The molecule has 104 valence electrons. The summed E-state index contributed by atoms with van der Waals surface area (Å²) in [7, 11) is 0. The first-order chi connectivity index (χ1) is 9.38. The molecular formula is C14H11BrClFN2O. The molecule has 1 N–H and O–H groups in total. The number of hydrogen-bond acceptors (Lipinski definition) is 2. The van der Waals surface area contributed by atoms with Gasteiger partial charge in [-0.3, -0.25) is 4.79 Å². The second-order valence-electron chi connectivity index (χ2n) is 4.37. The molecule has 0 aliphatic heterocycles. The van der Waals surface area contributed by atoms with Gasteiger partial charge < -0.3 is 5.32 Å². The molecule has 1 heterocycles. The van der Waals surface area contributed by atoms with E-state index < -0.39 is 11.7 Å². The van der Waals surface area contributed by atoms with E-state index in [1.807, 2.05) is 26.0 Å². The number of nitrogens with one attached hydrogen (secondary N) is 1. The first kappa shape index (κ1) is 14.9. The van der Waals surface area contributed by atoms with Crippen LogP contribution in [0, 0.1) is 19.7 Å². The number of anilines is 1. The Bertz CT molecular complexity index is 668. The van der Waals surface area contributed by atoms with E-state index in [2.05, 4.69) is 26.2 Å². The van der Waals surface area contributed by atoms with Crippen LogP contribution in [0.2, 0.25) is 5.15 Å². The molecule has 1 amide bonds. The lowest BCUT2D eigenvalue weighted by molar-refractivity contribution is 0.102. The van der Waals surface area contributed by atoms with Gasteiger partial charge in [0.2, 0.25) is 0 Å². The lowest BCUT2D eigenvalue weighted by atomic mass is 10.1. The van der Waals surface area contributed by atoms with Crippen molar-refractivity contribution in [1.82, 2.24) is 4.98 Å². The Kier molecular flexibility index (Phi) is 4.40. The van der Waals surface area contributed by atoms with E-state index in [0.29, 0.717) is 5.69 Å². The van der Waals surface area contributed by atoms with Gasteiger partial charge in [-0.25, -0.2) is 9.37 Å². The van der Waals surface area contributed by atoms with Crippen LogP contribution in [0.3, 0.4) is 0 Å². The van der Waals surface area contributed by atoms with E-state index >= 15 is 0 Å². The minimum absolute atomic E-state index is 0.00453. The van der Waals surface area contributed by atoms with Gasteiger partial charge in [0.25, 0.3) is 5.91 Å². The predicted molar refractivity (Wildman–Crippen MR) is 80.8 cm³/mol. The molecule has 2 aromatic rings. The normalized spacial score (nSPS) is 10.4. The number of carbonyl (C=O) groups is 1. The number of aryl methyl sites for hydroxylation is 2. The molecule has 1 aromatic carbocycles. The molecule has 6 heteroatoms. The maximum Gasteiger partial charge on any atom is 0.258 e. The summed E-state index contributed by atoms with van der Waals surface area (Å²) in [6, 6.07) is 4.69. The fraction of sp³-hybridized carbons (Fsp3) is 0.143. The van der Waals surface area contributed by atoms with Crippen molar-refractivity contribution in [2.45, 2.75) is 13.8 Å². The zero-order valence-corrected chi connectivity index (χ0v) is 13.1. The zero-order valence-electron chi connectivity index (χ0n) is 10.8. The summed E-state index contributed by atoms with van der Waals surface area (Å²) >= 11 is 9.25. The Hall–Kier alpha value is -1.46. The van der Waals surface area contributed by atoms with Gasteiger partial charge in [-0.15, -0.1) is 0 Å². The van der Waals surface area contributed by atoms with Crippen LogP contribution in [0.1, 0.15) is 21.5 Å². The fourth-order valence-corrected chi connectivity index (χ4v) is 2.22. The van der Waals surface area contributed by atoms with Crippen molar-refractivity contribution in [3.05, 3.63) is 56.5 Å². The molecule has 0 unspecified atom stereocenters. The predicted octanol–water partition coefficient (Wildman–Crippen LogP) is 4.51. The van der Waals surface area contributed by atoms with Crippen molar-refractivity contribution in [3.8, 4) is 0 Å². The van der Waals surface area contributed by atoms with Gasteiger partial charge in [0.1, 0.15) is 11.0 Å². The lowest BCUT2D eigenvalue weighted by Crippen LogP contribution is -2.13. The number of pyridine rings is 1. The van der Waals surface area contributed by atoms with E-state index in [9.17, 15) is 9.18 Å². The molecule has 0 bridgehead atoms. The number of halogens is 3. The molecule has 0 radical (unpaired) electrons. The molecule has 0 spiro atoms. The molecule has 0 aliphatic carbocycles. The highest BCUT2D eigenvalue weighted by Crippen LogP contribution is 2.25. The largest absolute Gasteiger partial charge is 0.322 e. The van der Waals surface area contributed by atoms with E-state index in [4.69, 9.17) is 11.6 Å². The topological polar surface area (TPSA) is 42.0 Å². The highest BCUT2D eigenvalue weighted by molar-refractivity contribution is 9.10. The first-order valence-corrected chi connectivity index (χ1v) is 6.94. The maximum atomic E-state index is 13.1. The van der Waals surface area contributed by atoms with Crippen LogP contribution in [-0.4, -0.2) is 10.9 Å². The third kappa shape index (κ3) is 3.16. The van der Waals surface area contributed by atoms with E-state index in [-0.39, 0.29) is 10.7 Å². The quantitative estimate of drug-likeness (QED) is 0.804. The summed E-state index contributed by atoms with van der Waals surface area (Å²) in [5, 5.41) is 2.65. The molecule has 0 atom stereocenters. The summed E-state index contributed by atoms with van der Waals surface area (Å²) in [5.74, 6) is -1.11. The smallest absolute Gasteiger partial charge is 0.258 e. The minimum atomic E-state index is -0.609. The van der Waals surface area contributed by atoms with Crippen LogP contribution in [0.5, 0.6) is 0 Å². The number of amides is 1. The summed E-state index contributed by atoms with van der Waals surface area (Å²) < 4.78 is 14.1. The van der Waals surface area contributed by atoms with Crippen molar-refractivity contribution in [1.29, 1.82) is 0 Å². The number of carbonyl (C=O) groups excluding carboxylic acids is 1. The van der Waals surface area contributed by atoms with Crippen molar-refractivity contribution in [3.63, 3.8) is 0 Å². The van der Waals surface area contributed by atoms with Crippen LogP contribution in [-0.2, 0) is 0 Å². The second-order valence-corrected chi connectivity index (χ2v) is 5.52. The number of benzene rings is 1. The Balaban J connectivity index is 2.30. The summed E-state index contributed by atoms with van der Waals surface area (Å²) in [4.78, 5) is 15.7. The van der Waals surface area contributed by atoms with Gasteiger partial charge in [0, 0.05) is 10.2 Å². The molecule has 20 heavy (non-hydrogen) atoms. The van der Waals surface area contributed by atoms with Gasteiger partial charge in [-0.2, -0.15) is 0 Å². The average molecular weight is 358 g/mol. The second kappa shape index (κ2) is 5.89. The molecule has 0 fully saturated rings. The number of rotatable bonds is 2. The Morgan fingerprint density at radius 2 is 1.90 bits per heavy atom. The first-order valence-electron chi connectivity index (χ1n) is 5.77. The monoisotopic (exact) mass is 356 g/mol. The van der Waals surface area contributed by atoms with Crippen LogP contribution < -0.4 is 5.32 Å². The van der Waals surface area contributed by atoms with Crippen molar-refractivity contribution in [2.75, 3.05) is 5.32 Å². The summed E-state index contributed by atoms with van der Waals surface area (Å²) in [6.07, 6.45) is 0.965. The third-order valence-electron chi connectivity index (χ3n) is 2.74. The van der Waals surface area contributed by atoms with Crippen molar-refractivity contribution < 1.29 is 9.18 Å². The zero-order chi connectivity index (χ0) is 14.9. The van der Waals surface area contributed by atoms with Crippen LogP contribution >= 0.6 is 27.5 Å². The molecule has 1 aromatic heterocycles. The minimum Gasteiger partial charge on any atom is -0.322 e. The van der Waals surface area contributed by atoms with Crippen LogP contribution in [0.4, 0.5) is 10.1 Å². The van der Waals surface area contributed by atoms with Crippen LogP contribution in [0.25, 0.3) is 0 Å². The van der Waals surface area contributed by atoms with E-state index in [0.717, 1.165) is 27.9 Å². The maximum absolute atomic E-state index is 13.1. The van der Waals surface area contributed by atoms with E-state index in [1.165, 1.54) is 0 Å². The van der Waals surface area contributed by atoms with Gasteiger partial charge in [0.15, 0.2) is 0 Å². The molecule has 0 saturated carbocycles. The van der Waals surface area contributed by atoms with Crippen molar-refractivity contribution >= 4 is 39.1 Å². The SMILES string of the molecule is Cc1cc(NC(=O)c2cc(F)cnc2Cl)cc(C)c1Br. The summed E-state index contributed by atoms with van der Waals surface area (Å²) in [6.45, 7) is 3.84. The van der Waals surface area contributed by atoms with Gasteiger partial charge >= 0.3 is 0 Å². The summed E-state index contributed by atoms with van der Waals surface area (Å²) in [5.41, 5.74) is 2.60. The standard InChI is InChI=1S/C14H11BrClFN2O/c1-7-3-10(4-8(2)12(7)15)19-14(20)11-5-9(17)6-18-13(11)16/h3-6H,1-2H3,(H,19,20). The number of nitrogens with zero attached hydrogens (tertiary/aromatic N) is 1. The Morgan fingerprint density at radius 3 is 2.50 bits per heavy atom. The highest BCUT2D eigenvalue weighted by atomic mass is 79.9. The van der Waals surface area contributed by atoms with Crippen molar-refractivity contribution in [2.24, 2.45) is 0 Å². The molecule has 0 saturated heterocycles. The average Bonchev–Trinajstić information content (AvgIpc) is 2.38. The molecule has 3 nitrogen and oxygen atoms in total. The molecule has 0 aliphatic rings. The number of hydrogen-bond donors (Lipinski definition) is 1. The van der Waals surface area contributed by atoms with Gasteiger partial charge in [-0.05, 0) is 43.2 Å².